The molecule has 1 atom stereocenters. The highest BCUT2D eigenvalue weighted by molar-refractivity contribution is 9.10. The van der Waals surface area contributed by atoms with Gasteiger partial charge in [0.1, 0.15) is 0 Å². The maximum atomic E-state index is 11.7. The molecule has 1 amide bonds. The number of nitrogens with zero attached hydrogens (tertiary/aromatic N) is 2. The van der Waals surface area contributed by atoms with E-state index in [1.165, 1.54) is 5.56 Å². The summed E-state index contributed by atoms with van der Waals surface area (Å²) in [7, 11) is 1.76. The number of likely N-dealkylation sites (tertiary alicyclic amines) is 1. The van der Waals surface area contributed by atoms with E-state index in [2.05, 4.69) is 43.7 Å². The van der Waals surface area contributed by atoms with Crippen LogP contribution in [0.4, 0.5) is 0 Å². The fourth-order valence-electron chi connectivity index (χ4n) is 2.55. The van der Waals surface area contributed by atoms with Gasteiger partial charge < -0.3 is 15.5 Å². The molecule has 22 heavy (non-hydrogen) atoms. The fourth-order valence-corrected chi connectivity index (χ4v) is 3.00. The van der Waals surface area contributed by atoms with Crippen molar-refractivity contribution < 1.29 is 4.79 Å². The Bertz CT molecular complexity index is 547. The van der Waals surface area contributed by atoms with Gasteiger partial charge in [-0.2, -0.15) is 0 Å². The molecule has 0 spiro atoms. The van der Waals surface area contributed by atoms with Crippen LogP contribution in [0.15, 0.2) is 33.7 Å². The molecule has 0 aromatic heterocycles. The monoisotopic (exact) mass is 366 g/mol. The van der Waals surface area contributed by atoms with Gasteiger partial charge in [-0.15, -0.1) is 0 Å². The SMILES string of the molecule is CCC(=O)N1CCC(NC(=NC)NCc2cccc(Br)c2)C1. The molecule has 0 radical (unpaired) electrons. The molecule has 120 valence electrons. The molecule has 1 aliphatic rings. The third kappa shape index (κ3) is 4.73. The van der Waals surface area contributed by atoms with Crippen LogP contribution in [0.25, 0.3) is 0 Å². The highest BCUT2D eigenvalue weighted by Crippen LogP contribution is 2.12. The van der Waals surface area contributed by atoms with Gasteiger partial charge in [0.05, 0.1) is 0 Å². The Morgan fingerprint density at radius 1 is 1.50 bits per heavy atom. The van der Waals surface area contributed by atoms with E-state index >= 15 is 0 Å². The van der Waals surface area contributed by atoms with Crippen LogP contribution >= 0.6 is 15.9 Å². The molecule has 0 bridgehead atoms. The van der Waals surface area contributed by atoms with Crippen molar-refractivity contribution in [1.82, 2.24) is 15.5 Å². The molecule has 1 aliphatic heterocycles. The van der Waals surface area contributed by atoms with Crippen LogP contribution < -0.4 is 10.6 Å². The van der Waals surface area contributed by atoms with Crippen molar-refractivity contribution in [3.8, 4) is 0 Å². The van der Waals surface area contributed by atoms with Crippen molar-refractivity contribution in [1.29, 1.82) is 0 Å². The lowest BCUT2D eigenvalue weighted by atomic mass is 10.2. The summed E-state index contributed by atoms with van der Waals surface area (Å²) in [5, 5.41) is 6.71. The summed E-state index contributed by atoms with van der Waals surface area (Å²) in [6, 6.07) is 8.45. The van der Waals surface area contributed by atoms with Crippen LogP contribution in [0.5, 0.6) is 0 Å². The van der Waals surface area contributed by atoms with E-state index in [0.717, 1.165) is 29.9 Å². The predicted molar refractivity (Wildman–Crippen MR) is 92.8 cm³/mol. The second-order valence-corrected chi connectivity index (χ2v) is 6.29. The van der Waals surface area contributed by atoms with E-state index in [4.69, 9.17) is 0 Å². The topological polar surface area (TPSA) is 56.7 Å². The molecule has 0 aliphatic carbocycles. The smallest absolute Gasteiger partial charge is 0.222 e. The molecule has 1 heterocycles. The first-order valence-corrected chi connectivity index (χ1v) is 8.41. The van der Waals surface area contributed by atoms with Crippen LogP contribution in [0, 0.1) is 0 Å². The molecule has 5 nitrogen and oxygen atoms in total. The zero-order valence-corrected chi connectivity index (χ0v) is 14.7. The van der Waals surface area contributed by atoms with Gasteiger partial charge in [-0.1, -0.05) is 35.0 Å². The number of hydrogen-bond acceptors (Lipinski definition) is 2. The van der Waals surface area contributed by atoms with E-state index < -0.39 is 0 Å². The average Bonchev–Trinajstić information content (AvgIpc) is 2.99. The van der Waals surface area contributed by atoms with E-state index in [-0.39, 0.29) is 11.9 Å². The van der Waals surface area contributed by atoms with Gasteiger partial charge in [-0.3, -0.25) is 9.79 Å². The third-order valence-electron chi connectivity index (χ3n) is 3.76. The number of aliphatic imine (C=N–C) groups is 1. The Kier molecular flexibility index (Phi) is 6.24. The molecule has 1 saturated heterocycles. The Balaban J connectivity index is 1.82. The van der Waals surface area contributed by atoms with Gasteiger partial charge in [0.25, 0.3) is 0 Å². The van der Waals surface area contributed by atoms with Crippen molar-refractivity contribution >= 4 is 27.8 Å². The molecular formula is C16H23BrN4O. The minimum absolute atomic E-state index is 0.224. The molecule has 0 saturated carbocycles. The van der Waals surface area contributed by atoms with Gasteiger partial charge in [-0.05, 0) is 24.1 Å². The Morgan fingerprint density at radius 3 is 3.00 bits per heavy atom. The lowest BCUT2D eigenvalue weighted by Crippen LogP contribution is -2.44. The molecule has 1 fully saturated rings. The zero-order valence-electron chi connectivity index (χ0n) is 13.1. The van der Waals surface area contributed by atoms with E-state index in [0.29, 0.717) is 13.0 Å². The lowest BCUT2D eigenvalue weighted by Gasteiger charge is -2.18. The highest BCUT2D eigenvalue weighted by atomic mass is 79.9. The van der Waals surface area contributed by atoms with Crippen molar-refractivity contribution in [3.63, 3.8) is 0 Å². The summed E-state index contributed by atoms with van der Waals surface area (Å²) < 4.78 is 1.07. The first-order valence-electron chi connectivity index (χ1n) is 7.61. The Morgan fingerprint density at radius 2 is 2.32 bits per heavy atom. The van der Waals surface area contributed by atoms with Crippen LogP contribution in [0.2, 0.25) is 0 Å². The fraction of sp³-hybridized carbons (Fsp3) is 0.500. The first kappa shape index (κ1) is 16.8. The van der Waals surface area contributed by atoms with Crippen molar-refractivity contribution in [2.45, 2.75) is 32.4 Å². The van der Waals surface area contributed by atoms with E-state index in [1.807, 2.05) is 24.0 Å². The summed E-state index contributed by atoms with van der Waals surface area (Å²) >= 11 is 3.47. The average molecular weight is 367 g/mol. The number of guanidine groups is 1. The number of nitrogens with one attached hydrogen (secondary N) is 2. The minimum Gasteiger partial charge on any atom is -0.352 e. The second-order valence-electron chi connectivity index (χ2n) is 5.38. The zero-order chi connectivity index (χ0) is 15.9. The number of carbonyl (C=O) groups excluding carboxylic acids is 1. The number of carbonyl (C=O) groups is 1. The van der Waals surface area contributed by atoms with Crippen molar-refractivity contribution in [2.75, 3.05) is 20.1 Å². The van der Waals surface area contributed by atoms with Crippen LogP contribution in [0.3, 0.4) is 0 Å². The molecular weight excluding hydrogens is 344 g/mol. The number of halogens is 1. The lowest BCUT2D eigenvalue weighted by molar-refractivity contribution is -0.129. The number of amides is 1. The van der Waals surface area contributed by atoms with Crippen molar-refractivity contribution in [2.24, 2.45) is 4.99 Å². The molecule has 1 aromatic carbocycles. The maximum absolute atomic E-state index is 11.7. The molecule has 2 rings (SSSR count). The van der Waals surface area contributed by atoms with E-state index in [1.54, 1.807) is 7.05 Å². The van der Waals surface area contributed by atoms with Crippen LogP contribution in [-0.2, 0) is 11.3 Å². The third-order valence-corrected chi connectivity index (χ3v) is 4.25. The molecule has 2 N–H and O–H groups in total. The largest absolute Gasteiger partial charge is 0.352 e. The summed E-state index contributed by atoms with van der Waals surface area (Å²) in [5.41, 5.74) is 1.19. The summed E-state index contributed by atoms with van der Waals surface area (Å²) in [6.07, 6.45) is 1.53. The van der Waals surface area contributed by atoms with Crippen LogP contribution in [-0.4, -0.2) is 42.9 Å². The van der Waals surface area contributed by atoms with E-state index in [9.17, 15) is 4.79 Å². The first-order chi connectivity index (χ1) is 10.6. The summed E-state index contributed by atoms with van der Waals surface area (Å²) in [4.78, 5) is 17.9. The predicted octanol–water partition coefficient (Wildman–Crippen LogP) is 2.12. The number of rotatable bonds is 4. The van der Waals surface area contributed by atoms with Crippen LogP contribution in [0.1, 0.15) is 25.3 Å². The number of hydrogen-bond donors (Lipinski definition) is 2. The van der Waals surface area contributed by atoms with Gasteiger partial charge in [0, 0.05) is 43.6 Å². The number of benzene rings is 1. The molecule has 1 aromatic rings. The van der Waals surface area contributed by atoms with Gasteiger partial charge >= 0.3 is 0 Å². The Labute approximate surface area is 140 Å². The molecule has 1 unspecified atom stereocenters. The molecule has 6 heteroatoms. The highest BCUT2D eigenvalue weighted by Gasteiger charge is 2.25. The van der Waals surface area contributed by atoms with Gasteiger partial charge in [-0.25, -0.2) is 0 Å². The second kappa shape index (κ2) is 8.17. The van der Waals surface area contributed by atoms with Gasteiger partial charge in [0.15, 0.2) is 5.96 Å². The summed E-state index contributed by atoms with van der Waals surface area (Å²) in [6.45, 7) is 4.20. The maximum Gasteiger partial charge on any atom is 0.222 e. The quantitative estimate of drug-likeness (QED) is 0.633. The van der Waals surface area contributed by atoms with Gasteiger partial charge in [0.2, 0.25) is 5.91 Å². The summed E-state index contributed by atoms with van der Waals surface area (Å²) in [5.74, 6) is 0.997. The standard InChI is InChI=1S/C16H23BrN4O/c1-3-15(22)21-8-7-14(11-21)20-16(18-2)19-10-12-5-4-6-13(17)9-12/h4-6,9,14H,3,7-8,10-11H2,1-2H3,(H2,18,19,20). The van der Waals surface area contributed by atoms with Crippen molar-refractivity contribution in [3.05, 3.63) is 34.3 Å². The Hall–Kier alpha value is -1.56. The normalized spacial score (nSPS) is 18.4. The minimum atomic E-state index is 0.224.